The number of rotatable bonds is 2. The van der Waals surface area contributed by atoms with Gasteiger partial charge in [0.05, 0.1) is 0 Å². The van der Waals surface area contributed by atoms with Gasteiger partial charge in [0.25, 0.3) is 0 Å². The molecule has 1 aromatic carbocycles. The molecule has 0 spiro atoms. The van der Waals surface area contributed by atoms with Crippen LogP contribution in [-0.2, 0) is 6.18 Å². The summed E-state index contributed by atoms with van der Waals surface area (Å²) in [4.78, 5) is 0. The molecule has 1 aliphatic carbocycles. The summed E-state index contributed by atoms with van der Waals surface area (Å²) in [5, 5.41) is 0. The predicted molar refractivity (Wildman–Crippen MR) is 65.2 cm³/mol. The van der Waals surface area contributed by atoms with Crippen LogP contribution >= 0.6 is 0 Å². The maximum absolute atomic E-state index is 13.8. The molecule has 13 heteroatoms. The average molecular weight is 396 g/mol. The molecule has 0 fully saturated rings. The fourth-order valence-corrected chi connectivity index (χ4v) is 1.94. The molecule has 0 aromatic heterocycles. The molecule has 0 saturated heterocycles. The van der Waals surface area contributed by atoms with Gasteiger partial charge >= 0.3 is 6.18 Å². The minimum absolute atomic E-state index is 0.109. The fourth-order valence-electron chi connectivity index (χ4n) is 1.94. The van der Waals surface area contributed by atoms with Gasteiger partial charge in [0.2, 0.25) is 23.2 Å². The Morgan fingerprint density at radius 2 is 1.38 bits per heavy atom. The first-order valence-electron chi connectivity index (χ1n) is 6.32. The highest BCUT2D eigenvalue weighted by Gasteiger charge is 2.45. The standard InChI is InChI=1S/C13H6F10N2O/c14-4-2(1-12(20,25)11(24)9(4)19)26-10-7(17)5(15)3(13(21,22)23)6(16)8(10)18/h1,11H,24-25H2. The number of halogens is 10. The van der Waals surface area contributed by atoms with Gasteiger partial charge in [0.1, 0.15) is 11.6 Å². The lowest BCUT2D eigenvalue weighted by molar-refractivity contribution is -0.143. The zero-order valence-electron chi connectivity index (χ0n) is 12.0. The summed E-state index contributed by atoms with van der Waals surface area (Å²) >= 11 is 0. The number of benzene rings is 1. The molecule has 2 rings (SSSR count). The summed E-state index contributed by atoms with van der Waals surface area (Å²) in [6, 6.07) is -2.38. The van der Waals surface area contributed by atoms with Crippen LogP contribution < -0.4 is 16.2 Å². The second-order valence-electron chi connectivity index (χ2n) is 5.04. The molecule has 0 saturated carbocycles. The van der Waals surface area contributed by atoms with E-state index in [1.807, 2.05) is 0 Å². The topological polar surface area (TPSA) is 61.3 Å². The van der Waals surface area contributed by atoms with E-state index in [2.05, 4.69) is 4.74 Å². The first-order chi connectivity index (χ1) is 11.7. The van der Waals surface area contributed by atoms with Gasteiger partial charge in [-0.05, 0) is 0 Å². The predicted octanol–water partition coefficient (Wildman–Crippen LogP) is 3.64. The average Bonchev–Trinajstić information content (AvgIpc) is 2.51. The summed E-state index contributed by atoms with van der Waals surface area (Å²) in [7, 11) is 0. The lowest BCUT2D eigenvalue weighted by atomic mass is 9.99. The highest BCUT2D eigenvalue weighted by Crippen LogP contribution is 2.41. The van der Waals surface area contributed by atoms with E-state index in [1.165, 1.54) is 0 Å². The van der Waals surface area contributed by atoms with Gasteiger partial charge < -0.3 is 10.5 Å². The molecule has 0 bridgehead atoms. The Balaban J connectivity index is 2.62. The Bertz CT molecular complexity index is 798. The van der Waals surface area contributed by atoms with Crippen LogP contribution in [0.1, 0.15) is 5.56 Å². The van der Waals surface area contributed by atoms with Gasteiger partial charge in [-0.25, -0.2) is 17.6 Å². The second-order valence-corrected chi connectivity index (χ2v) is 5.04. The summed E-state index contributed by atoms with van der Waals surface area (Å²) in [5.74, 6) is -22.7. The summed E-state index contributed by atoms with van der Waals surface area (Å²) < 4.78 is 137. The van der Waals surface area contributed by atoms with Crippen LogP contribution in [-0.4, -0.2) is 11.8 Å². The second kappa shape index (κ2) is 6.16. The van der Waals surface area contributed by atoms with E-state index >= 15 is 0 Å². The van der Waals surface area contributed by atoms with Crippen molar-refractivity contribution in [2.45, 2.75) is 18.0 Å². The third-order valence-electron chi connectivity index (χ3n) is 3.25. The van der Waals surface area contributed by atoms with Crippen molar-refractivity contribution in [2.75, 3.05) is 0 Å². The minimum atomic E-state index is -5.83. The number of ether oxygens (including phenoxy) is 1. The molecule has 0 radical (unpaired) electrons. The fraction of sp³-hybridized carbons (Fsp3) is 0.231. The van der Waals surface area contributed by atoms with Crippen molar-refractivity contribution in [3.63, 3.8) is 0 Å². The first kappa shape index (κ1) is 20.0. The maximum atomic E-state index is 13.8. The molecule has 26 heavy (non-hydrogen) atoms. The number of nitrogens with two attached hydrogens (primary N) is 2. The van der Waals surface area contributed by atoms with Gasteiger partial charge in [0.15, 0.2) is 29.0 Å². The Kier molecular flexibility index (Phi) is 4.75. The molecule has 144 valence electrons. The summed E-state index contributed by atoms with van der Waals surface area (Å²) in [5.41, 5.74) is 6.86. The first-order valence-corrected chi connectivity index (χ1v) is 6.32. The van der Waals surface area contributed by atoms with Crippen LogP contribution in [0.2, 0.25) is 0 Å². The van der Waals surface area contributed by atoms with Gasteiger partial charge in [-0.1, -0.05) is 0 Å². The normalized spacial score (nSPS) is 24.0. The van der Waals surface area contributed by atoms with E-state index in [9.17, 15) is 43.9 Å². The monoisotopic (exact) mass is 396 g/mol. The van der Waals surface area contributed by atoms with Gasteiger partial charge in [0, 0.05) is 6.08 Å². The van der Waals surface area contributed by atoms with Crippen LogP contribution in [0.5, 0.6) is 5.75 Å². The quantitative estimate of drug-likeness (QED) is 0.456. The molecule has 3 nitrogen and oxygen atoms in total. The molecule has 2 unspecified atom stereocenters. The highest BCUT2D eigenvalue weighted by atomic mass is 19.4. The van der Waals surface area contributed by atoms with E-state index in [0.717, 1.165) is 0 Å². The zero-order valence-corrected chi connectivity index (χ0v) is 12.0. The number of hydrogen-bond acceptors (Lipinski definition) is 3. The SMILES string of the molecule is NC1C(F)=C(F)C(Oc2c(F)c(F)c(C(F)(F)F)c(F)c2F)=CC1(N)F. The van der Waals surface area contributed by atoms with Crippen LogP contribution in [0.25, 0.3) is 0 Å². The van der Waals surface area contributed by atoms with Crippen molar-refractivity contribution >= 4 is 0 Å². The molecule has 4 N–H and O–H groups in total. The van der Waals surface area contributed by atoms with E-state index in [-0.39, 0.29) is 6.08 Å². The van der Waals surface area contributed by atoms with E-state index in [4.69, 9.17) is 11.5 Å². The Hall–Kier alpha value is -2.28. The van der Waals surface area contributed by atoms with E-state index in [0.29, 0.717) is 0 Å². The van der Waals surface area contributed by atoms with Crippen molar-refractivity contribution in [1.29, 1.82) is 0 Å². The van der Waals surface area contributed by atoms with Gasteiger partial charge in [-0.3, -0.25) is 5.73 Å². The van der Waals surface area contributed by atoms with Gasteiger partial charge in [-0.15, -0.1) is 0 Å². The molecule has 1 aromatic rings. The van der Waals surface area contributed by atoms with Gasteiger partial charge in [-0.2, -0.15) is 26.3 Å². The Morgan fingerprint density at radius 3 is 1.81 bits per heavy atom. The smallest absolute Gasteiger partial charge is 0.422 e. The highest BCUT2D eigenvalue weighted by molar-refractivity contribution is 5.42. The summed E-state index contributed by atoms with van der Waals surface area (Å²) in [6.07, 6.45) is -5.93. The molecular formula is C13H6F10N2O. The third-order valence-corrected chi connectivity index (χ3v) is 3.25. The zero-order chi connectivity index (χ0) is 20.2. The van der Waals surface area contributed by atoms with Crippen molar-refractivity contribution in [2.24, 2.45) is 11.5 Å². The molecular weight excluding hydrogens is 390 g/mol. The van der Waals surface area contributed by atoms with Crippen LogP contribution in [0.4, 0.5) is 43.9 Å². The van der Waals surface area contributed by atoms with Crippen molar-refractivity contribution in [3.8, 4) is 5.75 Å². The molecule has 0 aliphatic heterocycles. The van der Waals surface area contributed by atoms with Crippen molar-refractivity contribution < 1.29 is 48.6 Å². The Labute approximate surface area is 137 Å². The maximum Gasteiger partial charge on any atom is 0.422 e. The Morgan fingerprint density at radius 1 is 0.923 bits per heavy atom. The van der Waals surface area contributed by atoms with Crippen molar-refractivity contribution in [1.82, 2.24) is 0 Å². The largest absolute Gasteiger partial charge is 0.448 e. The van der Waals surface area contributed by atoms with E-state index < -0.39 is 70.0 Å². The van der Waals surface area contributed by atoms with Crippen LogP contribution in [0.15, 0.2) is 23.5 Å². The summed E-state index contributed by atoms with van der Waals surface area (Å²) in [6.45, 7) is 0. The molecule has 0 amide bonds. The lowest BCUT2D eigenvalue weighted by Gasteiger charge is -2.28. The number of hydrogen-bond donors (Lipinski definition) is 2. The number of alkyl halides is 4. The van der Waals surface area contributed by atoms with Crippen molar-refractivity contribution in [3.05, 3.63) is 52.3 Å². The minimum Gasteiger partial charge on any atom is -0.448 e. The van der Waals surface area contributed by atoms with E-state index in [1.54, 1.807) is 0 Å². The van der Waals surface area contributed by atoms with Crippen LogP contribution in [0.3, 0.4) is 0 Å². The van der Waals surface area contributed by atoms with Crippen LogP contribution in [0, 0.1) is 23.3 Å². The molecule has 0 heterocycles. The number of allylic oxidation sites excluding steroid dienone is 1. The molecule has 2 atom stereocenters. The molecule has 1 aliphatic rings. The lowest BCUT2D eigenvalue weighted by Crippen LogP contribution is -2.53. The third kappa shape index (κ3) is 3.11.